The Labute approximate surface area is 104 Å². The van der Waals surface area contributed by atoms with Gasteiger partial charge >= 0.3 is 6.18 Å². The fraction of sp³-hybridized carbons (Fsp3) is 0.538. The number of hydrogen-bond donors (Lipinski definition) is 1. The van der Waals surface area contributed by atoms with E-state index in [1.165, 1.54) is 12.1 Å². The Morgan fingerprint density at radius 3 is 2.83 bits per heavy atom. The molecule has 0 aromatic heterocycles. The van der Waals surface area contributed by atoms with E-state index in [1.54, 1.807) is 6.07 Å². The normalized spacial score (nSPS) is 20.3. The molecule has 2 nitrogen and oxygen atoms in total. The van der Waals surface area contributed by atoms with Crippen LogP contribution in [0.25, 0.3) is 0 Å². The van der Waals surface area contributed by atoms with Crippen molar-refractivity contribution in [2.45, 2.75) is 31.7 Å². The first-order valence-electron chi connectivity index (χ1n) is 6.04. The SMILES string of the molecule is FC(F)(F)c1cccc(CNC[C@@H]2CCCO2)c1. The molecular formula is C13H16F3NO. The maximum Gasteiger partial charge on any atom is 0.416 e. The highest BCUT2D eigenvalue weighted by Gasteiger charge is 2.30. The fourth-order valence-electron chi connectivity index (χ4n) is 2.04. The van der Waals surface area contributed by atoms with Gasteiger partial charge in [-0.3, -0.25) is 0 Å². The van der Waals surface area contributed by atoms with E-state index in [0.717, 1.165) is 25.5 Å². The van der Waals surface area contributed by atoms with E-state index < -0.39 is 11.7 Å². The van der Waals surface area contributed by atoms with Crippen molar-refractivity contribution < 1.29 is 17.9 Å². The summed E-state index contributed by atoms with van der Waals surface area (Å²) in [5.41, 5.74) is 0.0433. The monoisotopic (exact) mass is 259 g/mol. The first-order valence-corrected chi connectivity index (χ1v) is 6.04. The van der Waals surface area contributed by atoms with Gasteiger partial charge in [0.15, 0.2) is 0 Å². The van der Waals surface area contributed by atoms with Crippen LogP contribution in [0.15, 0.2) is 24.3 Å². The van der Waals surface area contributed by atoms with Crippen molar-refractivity contribution in [3.05, 3.63) is 35.4 Å². The molecule has 0 amide bonds. The average Bonchev–Trinajstić information content (AvgIpc) is 2.81. The number of alkyl halides is 3. The molecule has 1 saturated heterocycles. The quantitative estimate of drug-likeness (QED) is 0.897. The molecule has 1 aliphatic heterocycles. The van der Waals surface area contributed by atoms with Crippen LogP contribution < -0.4 is 5.32 Å². The van der Waals surface area contributed by atoms with Crippen molar-refractivity contribution in [3.63, 3.8) is 0 Å². The number of ether oxygens (including phenoxy) is 1. The first-order chi connectivity index (χ1) is 8.55. The topological polar surface area (TPSA) is 21.3 Å². The summed E-state index contributed by atoms with van der Waals surface area (Å²) in [6.07, 6.45) is -1.98. The maximum atomic E-state index is 12.5. The Bertz CT molecular complexity index is 386. The van der Waals surface area contributed by atoms with Gasteiger partial charge < -0.3 is 10.1 Å². The summed E-state index contributed by atoms with van der Waals surface area (Å²) in [4.78, 5) is 0. The molecule has 1 aliphatic rings. The van der Waals surface area contributed by atoms with E-state index in [9.17, 15) is 13.2 Å². The fourth-order valence-corrected chi connectivity index (χ4v) is 2.04. The van der Waals surface area contributed by atoms with Crippen LogP contribution in [0.5, 0.6) is 0 Å². The molecule has 0 radical (unpaired) electrons. The largest absolute Gasteiger partial charge is 0.416 e. The van der Waals surface area contributed by atoms with Gasteiger partial charge in [-0.2, -0.15) is 13.2 Å². The van der Waals surface area contributed by atoms with Crippen LogP contribution in [0.1, 0.15) is 24.0 Å². The molecule has 0 spiro atoms. The molecule has 0 saturated carbocycles. The third-order valence-electron chi connectivity index (χ3n) is 2.98. The van der Waals surface area contributed by atoms with Gasteiger partial charge in [-0.15, -0.1) is 0 Å². The molecular weight excluding hydrogens is 243 g/mol. The highest BCUT2D eigenvalue weighted by atomic mass is 19.4. The molecule has 1 fully saturated rings. The molecule has 5 heteroatoms. The zero-order chi connectivity index (χ0) is 13.0. The van der Waals surface area contributed by atoms with Crippen LogP contribution in [0.3, 0.4) is 0 Å². The lowest BCUT2D eigenvalue weighted by Gasteiger charge is -2.12. The minimum Gasteiger partial charge on any atom is -0.377 e. The van der Waals surface area contributed by atoms with Crippen molar-refractivity contribution in [3.8, 4) is 0 Å². The van der Waals surface area contributed by atoms with Crippen LogP contribution >= 0.6 is 0 Å². The predicted molar refractivity (Wildman–Crippen MR) is 62.1 cm³/mol. The second-order valence-corrected chi connectivity index (χ2v) is 4.46. The Morgan fingerprint density at radius 1 is 1.33 bits per heavy atom. The van der Waals surface area contributed by atoms with Gasteiger partial charge in [0.25, 0.3) is 0 Å². The van der Waals surface area contributed by atoms with Crippen molar-refractivity contribution in [1.82, 2.24) is 5.32 Å². The molecule has 2 rings (SSSR count). The maximum absolute atomic E-state index is 12.5. The van der Waals surface area contributed by atoms with Crippen LogP contribution in [-0.2, 0) is 17.5 Å². The summed E-state index contributed by atoms with van der Waals surface area (Å²) < 4.78 is 42.9. The summed E-state index contributed by atoms with van der Waals surface area (Å²) in [5, 5.41) is 3.13. The van der Waals surface area contributed by atoms with Crippen molar-refractivity contribution in [2.75, 3.05) is 13.2 Å². The van der Waals surface area contributed by atoms with Gasteiger partial charge in [0.1, 0.15) is 0 Å². The Hall–Kier alpha value is -1.07. The van der Waals surface area contributed by atoms with Crippen LogP contribution in [0.2, 0.25) is 0 Å². The Balaban J connectivity index is 1.85. The number of rotatable bonds is 4. The van der Waals surface area contributed by atoms with E-state index in [2.05, 4.69) is 5.32 Å². The second-order valence-electron chi connectivity index (χ2n) is 4.46. The number of halogens is 3. The van der Waals surface area contributed by atoms with Crippen molar-refractivity contribution >= 4 is 0 Å². The Kier molecular flexibility index (Phi) is 4.24. The number of nitrogens with one attached hydrogen (secondary N) is 1. The minimum atomic E-state index is -4.27. The lowest BCUT2D eigenvalue weighted by atomic mass is 10.1. The van der Waals surface area contributed by atoms with Gasteiger partial charge in [-0.25, -0.2) is 0 Å². The van der Waals surface area contributed by atoms with Gasteiger partial charge in [-0.05, 0) is 24.5 Å². The lowest BCUT2D eigenvalue weighted by molar-refractivity contribution is -0.137. The van der Waals surface area contributed by atoms with Crippen molar-refractivity contribution in [1.29, 1.82) is 0 Å². The third-order valence-corrected chi connectivity index (χ3v) is 2.98. The highest BCUT2D eigenvalue weighted by molar-refractivity contribution is 5.25. The molecule has 1 heterocycles. The standard InChI is InChI=1S/C13H16F3NO/c14-13(15,16)11-4-1-3-10(7-11)8-17-9-12-5-2-6-18-12/h1,3-4,7,12,17H,2,5-6,8-9H2/t12-/m0/s1. The molecule has 100 valence electrons. The summed E-state index contributed by atoms with van der Waals surface area (Å²) in [6, 6.07) is 5.40. The predicted octanol–water partition coefficient (Wildman–Crippen LogP) is 2.97. The smallest absolute Gasteiger partial charge is 0.377 e. The van der Waals surface area contributed by atoms with Crippen molar-refractivity contribution in [2.24, 2.45) is 0 Å². The van der Waals surface area contributed by atoms with Gasteiger partial charge in [0.2, 0.25) is 0 Å². The summed E-state index contributed by atoms with van der Waals surface area (Å²) in [7, 11) is 0. The van der Waals surface area contributed by atoms with E-state index >= 15 is 0 Å². The van der Waals surface area contributed by atoms with Gasteiger partial charge in [0, 0.05) is 19.7 Å². The van der Waals surface area contributed by atoms with Crippen LogP contribution in [0, 0.1) is 0 Å². The van der Waals surface area contributed by atoms with E-state index in [-0.39, 0.29) is 6.10 Å². The number of hydrogen-bond acceptors (Lipinski definition) is 2. The third kappa shape index (κ3) is 3.71. The molecule has 1 N–H and O–H groups in total. The molecule has 1 atom stereocenters. The van der Waals surface area contributed by atoms with E-state index in [0.29, 0.717) is 18.7 Å². The van der Waals surface area contributed by atoms with Crippen LogP contribution in [0.4, 0.5) is 13.2 Å². The number of benzene rings is 1. The minimum absolute atomic E-state index is 0.204. The Morgan fingerprint density at radius 2 is 2.17 bits per heavy atom. The molecule has 1 aromatic rings. The molecule has 0 aliphatic carbocycles. The van der Waals surface area contributed by atoms with Gasteiger partial charge in [0.05, 0.1) is 11.7 Å². The molecule has 0 bridgehead atoms. The summed E-state index contributed by atoms with van der Waals surface area (Å²) in [6.45, 7) is 1.91. The van der Waals surface area contributed by atoms with E-state index in [4.69, 9.17) is 4.74 Å². The van der Waals surface area contributed by atoms with Crippen LogP contribution in [-0.4, -0.2) is 19.3 Å². The zero-order valence-electron chi connectivity index (χ0n) is 9.96. The molecule has 1 aromatic carbocycles. The summed E-state index contributed by atoms with van der Waals surface area (Å²) >= 11 is 0. The molecule has 0 unspecified atom stereocenters. The zero-order valence-corrected chi connectivity index (χ0v) is 9.96. The van der Waals surface area contributed by atoms with E-state index in [1.807, 2.05) is 0 Å². The first kappa shape index (κ1) is 13.4. The second kappa shape index (κ2) is 5.71. The lowest BCUT2D eigenvalue weighted by Crippen LogP contribution is -2.25. The highest BCUT2D eigenvalue weighted by Crippen LogP contribution is 2.29. The summed E-state index contributed by atoms with van der Waals surface area (Å²) in [5.74, 6) is 0. The molecule has 18 heavy (non-hydrogen) atoms. The van der Waals surface area contributed by atoms with Gasteiger partial charge in [-0.1, -0.05) is 18.2 Å². The average molecular weight is 259 g/mol.